The number of nitrogens with zero attached hydrogens (tertiary/aromatic N) is 1. The summed E-state index contributed by atoms with van der Waals surface area (Å²) in [5, 5.41) is 11.6. The van der Waals surface area contributed by atoms with Crippen molar-refractivity contribution in [2.45, 2.75) is 58.3 Å². The predicted molar refractivity (Wildman–Crippen MR) is 87.7 cm³/mol. The van der Waals surface area contributed by atoms with E-state index in [4.69, 9.17) is 4.74 Å². The van der Waals surface area contributed by atoms with E-state index in [0.717, 1.165) is 19.3 Å². The van der Waals surface area contributed by atoms with Crippen molar-refractivity contribution in [3.8, 4) is 0 Å². The van der Waals surface area contributed by atoms with E-state index in [9.17, 15) is 18.3 Å². The maximum atomic E-state index is 12.6. The number of carbonyl (C=O) groups is 1. The molecule has 4 aliphatic rings. The van der Waals surface area contributed by atoms with E-state index >= 15 is 0 Å². The van der Waals surface area contributed by atoms with Gasteiger partial charge in [0.05, 0.1) is 17.8 Å². The fourth-order valence-corrected chi connectivity index (χ4v) is 6.26. The zero-order valence-electron chi connectivity index (χ0n) is 14.2. The first kappa shape index (κ1) is 17.7. The van der Waals surface area contributed by atoms with Crippen molar-refractivity contribution in [2.24, 2.45) is 27.6 Å². The van der Waals surface area contributed by atoms with Crippen molar-refractivity contribution in [1.82, 2.24) is 0 Å². The van der Waals surface area contributed by atoms with Crippen LogP contribution in [0.5, 0.6) is 0 Å². The molecule has 0 N–H and O–H groups in total. The molecule has 4 saturated carbocycles. The smallest absolute Gasteiger partial charge is 0.312 e. The molecule has 0 heterocycles. The summed E-state index contributed by atoms with van der Waals surface area (Å²) in [6.45, 7) is 1.63. The van der Waals surface area contributed by atoms with Gasteiger partial charge in [0, 0.05) is 6.42 Å². The van der Waals surface area contributed by atoms with Crippen LogP contribution >= 0.6 is 0 Å². The zero-order valence-corrected chi connectivity index (χ0v) is 15.0. The lowest BCUT2D eigenvalue weighted by molar-refractivity contribution is -0.219. The molecule has 0 atom stereocenters. The molecule has 0 unspecified atom stereocenters. The fourth-order valence-electron chi connectivity index (χ4n) is 5.25. The first-order chi connectivity index (χ1) is 11.3. The summed E-state index contributed by atoms with van der Waals surface area (Å²) in [5.41, 5.74) is -0.344. The van der Waals surface area contributed by atoms with E-state index in [0.29, 0.717) is 24.2 Å². The van der Waals surface area contributed by atoms with Gasteiger partial charge in [0.25, 0.3) is 10.0 Å². The Morgan fingerprint density at radius 1 is 1.17 bits per heavy atom. The van der Waals surface area contributed by atoms with Gasteiger partial charge >= 0.3 is 5.97 Å². The lowest BCUT2D eigenvalue weighted by atomic mass is 9.49. The first-order valence-corrected chi connectivity index (χ1v) is 10.6. The number of rotatable bonds is 7. The highest BCUT2D eigenvalue weighted by molar-refractivity contribution is 7.90. The van der Waals surface area contributed by atoms with E-state index < -0.39 is 15.9 Å². The van der Waals surface area contributed by atoms with Gasteiger partial charge in [0.1, 0.15) is 0 Å². The first-order valence-electron chi connectivity index (χ1n) is 8.97. The van der Waals surface area contributed by atoms with Crippen LogP contribution in [0.2, 0.25) is 0 Å². The maximum Gasteiger partial charge on any atom is 0.312 e. The van der Waals surface area contributed by atoms with Crippen molar-refractivity contribution >= 4 is 21.9 Å². The highest BCUT2D eigenvalue weighted by Gasteiger charge is 2.55. The number of esters is 1. The van der Waals surface area contributed by atoms with Crippen molar-refractivity contribution in [3.05, 3.63) is 0 Å². The van der Waals surface area contributed by atoms with E-state index in [-0.39, 0.29) is 30.2 Å². The molecule has 0 spiro atoms. The van der Waals surface area contributed by atoms with Gasteiger partial charge in [0.2, 0.25) is 0 Å². The molecule has 0 saturated heterocycles. The lowest BCUT2D eigenvalue weighted by Gasteiger charge is -2.55. The molecule has 4 aliphatic carbocycles. The third kappa shape index (κ3) is 3.76. The van der Waals surface area contributed by atoms with Gasteiger partial charge in [-0.25, -0.2) is 8.42 Å². The van der Waals surface area contributed by atoms with Gasteiger partial charge in [-0.05, 0) is 68.6 Å². The summed E-state index contributed by atoms with van der Waals surface area (Å²) in [5.74, 6) is 0.901. The van der Waals surface area contributed by atoms with E-state index in [1.807, 2.05) is 0 Å². The van der Waals surface area contributed by atoms with Crippen LogP contribution in [-0.4, -0.2) is 32.6 Å². The Morgan fingerprint density at radius 3 is 2.21 bits per heavy atom. The minimum absolute atomic E-state index is 0.0788. The van der Waals surface area contributed by atoms with Gasteiger partial charge < -0.3 is 9.84 Å². The molecular weight excluding hydrogens is 330 g/mol. The summed E-state index contributed by atoms with van der Waals surface area (Å²) in [4.78, 5) is 12.6. The molecule has 0 aromatic heterocycles. The Morgan fingerprint density at radius 2 is 1.71 bits per heavy atom. The Labute approximate surface area is 143 Å². The number of hydrogen-bond acceptors (Lipinski definition) is 5. The van der Waals surface area contributed by atoms with Crippen LogP contribution in [0.3, 0.4) is 0 Å². The molecule has 24 heavy (non-hydrogen) atoms. The number of sulfonamides is 1. The average Bonchev–Trinajstić information content (AvgIpc) is 2.44. The third-order valence-corrected chi connectivity index (χ3v) is 7.13. The molecule has 0 aromatic carbocycles. The third-order valence-electron chi connectivity index (χ3n) is 5.72. The largest absolute Gasteiger partial charge is 0.861 e. The van der Waals surface area contributed by atoms with E-state index in [1.165, 1.54) is 19.3 Å². The van der Waals surface area contributed by atoms with Crippen molar-refractivity contribution in [2.75, 3.05) is 12.4 Å². The van der Waals surface area contributed by atoms with Gasteiger partial charge in [-0.3, -0.25) is 4.79 Å². The van der Waals surface area contributed by atoms with Gasteiger partial charge in [-0.15, -0.1) is 0 Å². The van der Waals surface area contributed by atoms with Crippen LogP contribution in [0, 0.1) is 23.2 Å². The second-order valence-corrected chi connectivity index (χ2v) is 9.61. The van der Waals surface area contributed by atoms with Gasteiger partial charge in [0.15, 0.2) is 0 Å². The molecule has 0 aliphatic heterocycles. The number of carbonyl (C=O) groups excluding carboxylic acids is 1. The zero-order chi connectivity index (χ0) is 17.4. The topological polar surface area (TPSA) is 95.9 Å². The second kappa shape index (κ2) is 6.65. The van der Waals surface area contributed by atoms with Crippen LogP contribution in [0.25, 0.3) is 0 Å². The number of ether oxygens (including phenoxy) is 1. The van der Waals surface area contributed by atoms with Crippen molar-refractivity contribution in [3.63, 3.8) is 0 Å². The standard InChI is InChI=1S/C17H27NO5S/c1-2-5-24(21,22)18-15(19)3-4-23-16(20)17-9-12-6-13(10-17)8-14(7-12)11-17/h12-14H,2-11H2,1H3,(H,18,19)/p-1. The molecule has 0 amide bonds. The summed E-state index contributed by atoms with van der Waals surface area (Å²) < 4.78 is 31.5. The molecule has 136 valence electrons. The fraction of sp³-hybridized carbons (Fsp3) is 0.882. The van der Waals surface area contributed by atoms with Crippen molar-refractivity contribution in [1.29, 1.82) is 0 Å². The molecule has 4 bridgehead atoms. The Bertz CT molecular complexity index is 590. The SMILES string of the molecule is CCCS(=O)(=O)/N=C(\[O-])CCOC(=O)C12CC3CC(CC(C3)C1)C2. The molecule has 4 rings (SSSR count). The average molecular weight is 356 g/mol. The van der Waals surface area contributed by atoms with Gasteiger partial charge in [-0.1, -0.05) is 6.92 Å². The summed E-state index contributed by atoms with van der Waals surface area (Å²) in [7, 11) is -3.68. The Hall–Kier alpha value is -1.11. The maximum absolute atomic E-state index is 12.6. The van der Waals surface area contributed by atoms with E-state index in [2.05, 4.69) is 4.40 Å². The molecule has 4 fully saturated rings. The highest BCUT2D eigenvalue weighted by atomic mass is 32.2. The normalized spacial score (nSPS) is 35.2. The Balaban J connectivity index is 1.52. The van der Waals surface area contributed by atoms with Gasteiger partial charge in [-0.2, -0.15) is 4.40 Å². The summed E-state index contributed by atoms with van der Waals surface area (Å²) in [6.07, 6.45) is 6.75. The number of hydrogen-bond donors (Lipinski definition) is 0. The Kier molecular flexibility index (Phi) is 4.91. The lowest BCUT2D eigenvalue weighted by Crippen LogP contribution is -2.50. The molecule has 0 radical (unpaired) electrons. The van der Waals surface area contributed by atoms with Crippen LogP contribution < -0.4 is 5.11 Å². The van der Waals surface area contributed by atoms with Crippen LogP contribution in [0.4, 0.5) is 0 Å². The second-order valence-electron chi connectivity index (χ2n) is 7.85. The monoisotopic (exact) mass is 356 g/mol. The molecular formula is C17H26NO5S-. The van der Waals surface area contributed by atoms with E-state index in [1.54, 1.807) is 6.92 Å². The molecule has 7 heteroatoms. The minimum Gasteiger partial charge on any atom is -0.861 e. The van der Waals surface area contributed by atoms with Crippen LogP contribution in [0.1, 0.15) is 58.3 Å². The summed E-state index contributed by atoms with van der Waals surface area (Å²) in [6, 6.07) is 0. The summed E-state index contributed by atoms with van der Waals surface area (Å²) >= 11 is 0. The van der Waals surface area contributed by atoms with Crippen LogP contribution in [-0.2, 0) is 19.6 Å². The minimum atomic E-state index is -3.68. The highest BCUT2D eigenvalue weighted by Crippen LogP contribution is 2.60. The molecule has 0 aromatic rings. The van der Waals surface area contributed by atoms with Crippen LogP contribution in [0.15, 0.2) is 4.40 Å². The van der Waals surface area contributed by atoms with Crippen molar-refractivity contribution < 1.29 is 23.1 Å². The molecule has 6 nitrogen and oxygen atoms in total. The predicted octanol–water partition coefficient (Wildman–Crippen LogP) is 1.63. The quantitative estimate of drug-likeness (QED) is 0.392.